The Morgan fingerprint density at radius 2 is 1.96 bits per heavy atom. The van der Waals surface area contributed by atoms with E-state index in [0.29, 0.717) is 11.9 Å². The van der Waals surface area contributed by atoms with Crippen LogP contribution < -0.4 is 0 Å². The number of piperidine rings is 1. The van der Waals surface area contributed by atoms with Crippen molar-refractivity contribution in [2.24, 2.45) is 5.92 Å². The molecule has 5 rings (SSSR count). The molecule has 0 N–H and O–H groups in total. The van der Waals surface area contributed by atoms with Gasteiger partial charge in [-0.3, -0.25) is 9.69 Å². The molecule has 2 atom stereocenters. The predicted octanol–water partition coefficient (Wildman–Crippen LogP) is 3.31. The Balaban J connectivity index is 1.59. The average Bonchev–Trinajstić information content (AvgIpc) is 2.85. The Morgan fingerprint density at radius 3 is 2.75 bits per heavy atom. The van der Waals surface area contributed by atoms with E-state index in [0.717, 1.165) is 49.6 Å². The quantitative estimate of drug-likeness (QED) is 0.869. The predicted molar refractivity (Wildman–Crippen MR) is 93.4 cm³/mol. The molecule has 2 aromatic rings. The van der Waals surface area contributed by atoms with Crippen molar-refractivity contribution in [2.45, 2.75) is 32.4 Å². The molecule has 0 aliphatic carbocycles. The zero-order valence-electron chi connectivity index (χ0n) is 14.4. The summed E-state index contributed by atoms with van der Waals surface area (Å²) >= 11 is 0. The van der Waals surface area contributed by atoms with Gasteiger partial charge in [0.25, 0.3) is 0 Å². The molecule has 0 spiro atoms. The molecule has 4 nitrogen and oxygen atoms in total. The fourth-order valence-corrected chi connectivity index (χ4v) is 4.09. The van der Waals surface area contributed by atoms with Gasteiger partial charge >= 0.3 is 0 Å². The van der Waals surface area contributed by atoms with Crippen molar-refractivity contribution in [2.75, 3.05) is 20.1 Å². The van der Waals surface area contributed by atoms with E-state index >= 15 is 0 Å². The smallest absolute Gasteiger partial charge is 0.227 e. The van der Waals surface area contributed by atoms with E-state index in [9.17, 15) is 4.79 Å². The van der Waals surface area contributed by atoms with Crippen molar-refractivity contribution >= 4 is 5.91 Å². The zero-order chi connectivity index (χ0) is 16.7. The van der Waals surface area contributed by atoms with Crippen LogP contribution in [0.25, 0.3) is 11.3 Å². The normalized spacial score (nSPS) is 24.4. The summed E-state index contributed by atoms with van der Waals surface area (Å²) in [5.41, 5.74) is 2.42. The summed E-state index contributed by atoms with van der Waals surface area (Å²) in [5, 5.41) is 0. The lowest BCUT2D eigenvalue weighted by Gasteiger charge is -2.32. The first-order chi connectivity index (χ1) is 11.6. The van der Waals surface area contributed by atoms with Crippen molar-refractivity contribution in [1.82, 2.24) is 9.80 Å². The number of rotatable bonds is 3. The molecule has 2 bridgehead atoms. The summed E-state index contributed by atoms with van der Waals surface area (Å²) < 4.78 is 5.83. The van der Waals surface area contributed by atoms with Gasteiger partial charge in [-0.15, -0.1) is 0 Å². The second-order valence-electron chi connectivity index (χ2n) is 7.14. The fourth-order valence-electron chi connectivity index (χ4n) is 4.09. The molecule has 0 saturated carbocycles. The monoisotopic (exact) mass is 324 g/mol. The number of hydrogen-bond acceptors (Lipinski definition) is 3. The number of nitrogens with zero attached hydrogens (tertiary/aromatic N) is 2. The van der Waals surface area contributed by atoms with E-state index in [1.165, 1.54) is 5.56 Å². The third-order valence-electron chi connectivity index (χ3n) is 5.46. The van der Waals surface area contributed by atoms with Crippen LogP contribution in [-0.2, 0) is 11.3 Å². The van der Waals surface area contributed by atoms with Gasteiger partial charge < -0.3 is 9.32 Å². The van der Waals surface area contributed by atoms with Gasteiger partial charge in [0.05, 0.1) is 5.92 Å². The van der Waals surface area contributed by atoms with Crippen LogP contribution in [-0.4, -0.2) is 41.9 Å². The summed E-state index contributed by atoms with van der Waals surface area (Å²) in [7, 11) is 1.96. The largest absolute Gasteiger partial charge is 0.461 e. The van der Waals surface area contributed by atoms with Crippen LogP contribution >= 0.6 is 0 Å². The number of carbonyl (C=O) groups is 1. The molecule has 1 aromatic carbocycles. The van der Waals surface area contributed by atoms with Crippen molar-refractivity contribution in [3.05, 3.63) is 47.7 Å². The third-order valence-corrected chi connectivity index (χ3v) is 5.46. The van der Waals surface area contributed by atoms with E-state index in [-0.39, 0.29) is 5.92 Å². The molecular formula is C20H24N2O2. The Hall–Kier alpha value is -2.07. The highest BCUT2D eigenvalue weighted by molar-refractivity contribution is 5.80. The summed E-state index contributed by atoms with van der Waals surface area (Å²) in [5.74, 6) is 2.34. The van der Waals surface area contributed by atoms with Crippen LogP contribution in [0.2, 0.25) is 0 Å². The molecule has 0 radical (unpaired) electrons. The highest BCUT2D eigenvalue weighted by Gasteiger charge is 2.38. The van der Waals surface area contributed by atoms with E-state index in [1.54, 1.807) is 0 Å². The highest BCUT2D eigenvalue weighted by Crippen LogP contribution is 2.31. The summed E-state index contributed by atoms with van der Waals surface area (Å²) in [6.45, 7) is 4.67. The van der Waals surface area contributed by atoms with Crippen LogP contribution in [0.3, 0.4) is 0 Å². The lowest BCUT2D eigenvalue weighted by Crippen LogP contribution is -2.45. The molecule has 1 amide bonds. The highest BCUT2D eigenvalue weighted by atomic mass is 16.3. The number of hydrogen-bond donors (Lipinski definition) is 0. The molecule has 3 fully saturated rings. The van der Waals surface area contributed by atoms with Crippen LogP contribution in [0, 0.1) is 12.8 Å². The van der Waals surface area contributed by atoms with Gasteiger partial charge in [0.1, 0.15) is 11.5 Å². The number of likely N-dealkylation sites (N-methyl/N-ethyl adjacent to an activating group) is 1. The van der Waals surface area contributed by atoms with Crippen molar-refractivity contribution in [1.29, 1.82) is 0 Å². The summed E-state index contributed by atoms with van der Waals surface area (Å²) in [6.07, 6.45) is 2.16. The van der Waals surface area contributed by atoms with E-state index in [4.69, 9.17) is 4.42 Å². The standard InChI is InChI=1S/C20H24N2O2/c1-14-7-10-19(24-14)18-6-4-3-5-15(18)11-22-12-16-8-9-17(13-22)21(2)20(16)23/h3-7,10,16-17H,8-9,11-13H2,1-2H3/t16-,17+/m1/s1. The minimum absolute atomic E-state index is 0.159. The van der Waals surface area contributed by atoms with Gasteiger partial charge in [-0.1, -0.05) is 24.3 Å². The minimum Gasteiger partial charge on any atom is -0.461 e. The molecule has 1 aromatic heterocycles. The van der Waals surface area contributed by atoms with Gasteiger partial charge in [0.15, 0.2) is 0 Å². The van der Waals surface area contributed by atoms with Gasteiger partial charge in [-0.2, -0.15) is 0 Å². The van der Waals surface area contributed by atoms with Gasteiger partial charge in [-0.05, 0) is 37.5 Å². The number of aryl methyl sites for hydroxylation is 1. The second kappa shape index (κ2) is 6.10. The first-order valence-electron chi connectivity index (χ1n) is 8.75. The van der Waals surface area contributed by atoms with Crippen molar-refractivity contribution in [3.8, 4) is 11.3 Å². The number of carbonyl (C=O) groups excluding carboxylic acids is 1. The van der Waals surface area contributed by atoms with Crippen LogP contribution in [0.4, 0.5) is 0 Å². The van der Waals surface area contributed by atoms with Crippen LogP contribution in [0.15, 0.2) is 40.8 Å². The van der Waals surface area contributed by atoms with Crippen molar-refractivity contribution < 1.29 is 9.21 Å². The maximum absolute atomic E-state index is 12.4. The Morgan fingerprint density at radius 1 is 1.12 bits per heavy atom. The number of furan rings is 1. The van der Waals surface area contributed by atoms with Crippen LogP contribution in [0.1, 0.15) is 24.2 Å². The first-order valence-corrected chi connectivity index (χ1v) is 8.75. The Labute approximate surface area is 143 Å². The van der Waals surface area contributed by atoms with E-state index in [2.05, 4.69) is 29.2 Å². The molecule has 3 aliphatic rings. The van der Waals surface area contributed by atoms with Gasteiger partial charge in [0.2, 0.25) is 5.91 Å². The lowest BCUT2D eigenvalue weighted by molar-refractivity contribution is -0.138. The molecule has 24 heavy (non-hydrogen) atoms. The Kier molecular flexibility index (Phi) is 3.93. The molecular weight excluding hydrogens is 300 g/mol. The summed E-state index contributed by atoms with van der Waals surface area (Å²) in [4.78, 5) is 16.8. The molecule has 126 valence electrons. The zero-order valence-corrected chi connectivity index (χ0v) is 14.4. The molecule has 3 aliphatic heterocycles. The van der Waals surface area contributed by atoms with Crippen LogP contribution in [0.5, 0.6) is 0 Å². The van der Waals surface area contributed by atoms with E-state index < -0.39 is 0 Å². The van der Waals surface area contributed by atoms with Crippen molar-refractivity contribution in [3.63, 3.8) is 0 Å². The SMILES string of the molecule is Cc1ccc(-c2ccccc2CN2C[C@H]3CC[C@@H](C2)N(C)C3=O)o1. The average molecular weight is 324 g/mol. The first kappa shape index (κ1) is 15.5. The maximum Gasteiger partial charge on any atom is 0.227 e. The Bertz CT molecular complexity index is 752. The topological polar surface area (TPSA) is 36.7 Å². The molecule has 4 heteroatoms. The third kappa shape index (κ3) is 2.75. The number of amides is 1. The minimum atomic E-state index is 0.159. The van der Waals surface area contributed by atoms with Gasteiger partial charge in [-0.25, -0.2) is 0 Å². The number of benzene rings is 1. The molecule has 4 heterocycles. The molecule has 0 unspecified atom stereocenters. The second-order valence-corrected chi connectivity index (χ2v) is 7.14. The fraction of sp³-hybridized carbons (Fsp3) is 0.450. The maximum atomic E-state index is 12.4. The summed E-state index contributed by atoms with van der Waals surface area (Å²) in [6, 6.07) is 12.8. The van der Waals surface area contributed by atoms with Gasteiger partial charge in [0, 0.05) is 38.3 Å². The molecule has 3 saturated heterocycles. The number of fused-ring (bicyclic) bond motifs is 4. The lowest BCUT2D eigenvalue weighted by atomic mass is 9.95. The van der Waals surface area contributed by atoms with E-state index in [1.807, 2.05) is 31.0 Å².